The molecule has 7 N–H and O–H groups in total. The number of aliphatic carboxylic acids is 2. The number of carboxylic acid groups (broad SMARTS) is 2. The SMILES string of the molecule is NC(C(=O)O)C(O)[C@H](N)C(=O)O. The van der Waals surface area contributed by atoms with Crippen LogP contribution in [0.2, 0.25) is 0 Å². The van der Waals surface area contributed by atoms with Crippen molar-refractivity contribution in [1.29, 1.82) is 0 Å². The van der Waals surface area contributed by atoms with Crippen molar-refractivity contribution in [2.75, 3.05) is 0 Å². The summed E-state index contributed by atoms with van der Waals surface area (Å²) in [6.07, 6.45) is -1.79. The van der Waals surface area contributed by atoms with Crippen molar-refractivity contribution in [3.63, 3.8) is 0 Å². The molecule has 0 aromatic rings. The highest BCUT2D eigenvalue weighted by molar-refractivity contribution is 5.78. The molecule has 0 amide bonds. The Kier molecular flexibility index (Phi) is 3.61. The number of hydrogen-bond donors (Lipinski definition) is 5. The Bertz CT molecular complexity index is 174. The van der Waals surface area contributed by atoms with Gasteiger partial charge in [-0.1, -0.05) is 0 Å². The summed E-state index contributed by atoms with van der Waals surface area (Å²) in [4.78, 5) is 20.3. The summed E-state index contributed by atoms with van der Waals surface area (Å²) in [5.41, 5.74) is 9.81. The Morgan fingerprint density at radius 1 is 1.00 bits per heavy atom. The second kappa shape index (κ2) is 4.00. The fraction of sp³-hybridized carbons (Fsp3) is 0.600. The third-order valence-electron chi connectivity index (χ3n) is 1.31. The van der Waals surface area contributed by atoms with Crippen molar-refractivity contribution in [3.8, 4) is 0 Å². The van der Waals surface area contributed by atoms with E-state index >= 15 is 0 Å². The van der Waals surface area contributed by atoms with E-state index in [-0.39, 0.29) is 0 Å². The smallest absolute Gasteiger partial charge is 0.323 e. The maximum absolute atomic E-state index is 10.1. The lowest BCUT2D eigenvalue weighted by molar-refractivity contribution is -0.145. The van der Waals surface area contributed by atoms with E-state index in [0.29, 0.717) is 0 Å². The molecule has 0 aliphatic carbocycles. The van der Waals surface area contributed by atoms with Crippen LogP contribution in [-0.2, 0) is 9.59 Å². The van der Waals surface area contributed by atoms with Crippen LogP contribution in [0.1, 0.15) is 0 Å². The fourth-order valence-electron chi connectivity index (χ4n) is 0.516. The van der Waals surface area contributed by atoms with Gasteiger partial charge in [-0.3, -0.25) is 9.59 Å². The quantitative estimate of drug-likeness (QED) is 0.311. The normalized spacial score (nSPS) is 17.9. The van der Waals surface area contributed by atoms with Crippen LogP contribution in [-0.4, -0.2) is 45.4 Å². The average molecular weight is 178 g/mol. The number of rotatable bonds is 4. The molecule has 2 unspecified atom stereocenters. The van der Waals surface area contributed by atoms with Gasteiger partial charge in [0.15, 0.2) is 0 Å². The van der Waals surface area contributed by atoms with Gasteiger partial charge in [-0.25, -0.2) is 0 Å². The van der Waals surface area contributed by atoms with Crippen molar-refractivity contribution in [2.24, 2.45) is 11.5 Å². The predicted molar refractivity (Wildman–Crippen MR) is 37.2 cm³/mol. The molecule has 0 spiro atoms. The molecular weight excluding hydrogens is 168 g/mol. The maximum Gasteiger partial charge on any atom is 0.323 e. The topological polar surface area (TPSA) is 147 Å². The van der Waals surface area contributed by atoms with Crippen LogP contribution in [0.4, 0.5) is 0 Å². The molecule has 0 aromatic carbocycles. The Balaban J connectivity index is 4.28. The summed E-state index contributed by atoms with van der Waals surface area (Å²) < 4.78 is 0. The molecule has 0 saturated heterocycles. The third-order valence-corrected chi connectivity index (χ3v) is 1.31. The molecule has 3 atom stereocenters. The molecule has 0 rings (SSSR count). The largest absolute Gasteiger partial charge is 0.480 e. The number of carboxylic acids is 2. The van der Waals surface area contributed by atoms with E-state index < -0.39 is 30.1 Å². The maximum atomic E-state index is 10.1. The summed E-state index contributed by atoms with van der Waals surface area (Å²) >= 11 is 0. The third kappa shape index (κ3) is 2.46. The molecule has 0 aromatic heterocycles. The summed E-state index contributed by atoms with van der Waals surface area (Å²) in [6, 6.07) is -3.37. The molecule has 12 heavy (non-hydrogen) atoms. The first kappa shape index (κ1) is 10.8. The average Bonchev–Trinajstić information content (AvgIpc) is 2.00. The first-order chi connectivity index (χ1) is 5.37. The van der Waals surface area contributed by atoms with Gasteiger partial charge in [0.2, 0.25) is 0 Å². The van der Waals surface area contributed by atoms with Crippen LogP contribution < -0.4 is 11.5 Å². The highest BCUT2D eigenvalue weighted by atomic mass is 16.4. The Labute approximate surface area is 67.6 Å². The zero-order valence-corrected chi connectivity index (χ0v) is 6.04. The summed E-state index contributed by atoms with van der Waals surface area (Å²) in [5.74, 6) is -3.00. The van der Waals surface area contributed by atoms with Gasteiger partial charge in [-0.15, -0.1) is 0 Å². The fourth-order valence-corrected chi connectivity index (χ4v) is 0.516. The number of hydrogen-bond acceptors (Lipinski definition) is 5. The Morgan fingerprint density at radius 3 is 1.42 bits per heavy atom. The molecule has 0 fully saturated rings. The molecule has 0 radical (unpaired) electrons. The minimum absolute atomic E-state index is 1.50. The van der Waals surface area contributed by atoms with Gasteiger partial charge in [-0.05, 0) is 0 Å². The van der Waals surface area contributed by atoms with Crippen LogP contribution in [0.5, 0.6) is 0 Å². The zero-order chi connectivity index (χ0) is 9.89. The van der Waals surface area contributed by atoms with E-state index in [1.165, 1.54) is 0 Å². The van der Waals surface area contributed by atoms with Gasteiger partial charge in [0, 0.05) is 0 Å². The van der Waals surface area contributed by atoms with Crippen molar-refractivity contribution < 1.29 is 24.9 Å². The first-order valence-electron chi connectivity index (χ1n) is 3.02. The van der Waals surface area contributed by atoms with Crippen molar-refractivity contribution >= 4 is 11.9 Å². The predicted octanol–water partition coefficient (Wildman–Crippen LogP) is -2.83. The van der Waals surface area contributed by atoms with E-state index in [1.807, 2.05) is 0 Å². The highest BCUT2D eigenvalue weighted by Gasteiger charge is 2.31. The molecule has 7 heteroatoms. The standard InChI is InChI=1S/C5H10N2O5/c6-1(4(9)10)3(8)2(7)5(11)12/h1-3,8H,6-7H2,(H,9,10)(H,11,12)/t1-,2?,3?/m0/s1. The van der Waals surface area contributed by atoms with Crippen molar-refractivity contribution in [3.05, 3.63) is 0 Å². The van der Waals surface area contributed by atoms with Crippen molar-refractivity contribution in [1.82, 2.24) is 0 Å². The number of aliphatic hydroxyl groups excluding tert-OH is 1. The number of aliphatic hydroxyl groups is 1. The molecule has 0 saturated carbocycles. The molecule has 70 valence electrons. The first-order valence-corrected chi connectivity index (χ1v) is 3.02. The van der Waals surface area contributed by atoms with Gasteiger partial charge in [0.1, 0.15) is 18.2 Å². The lowest BCUT2D eigenvalue weighted by atomic mass is 10.1. The monoisotopic (exact) mass is 178 g/mol. The van der Waals surface area contributed by atoms with Crippen LogP contribution in [0.15, 0.2) is 0 Å². The van der Waals surface area contributed by atoms with E-state index in [0.717, 1.165) is 0 Å². The van der Waals surface area contributed by atoms with E-state index in [4.69, 9.17) is 26.8 Å². The molecule has 7 nitrogen and oxygen atoms in total. The number of carbonyl (C=O) groups is 2. The zero-order valence-electron chi connectivity index (χ0n) is 6.04. The van der Waals surface area contributed by atoms with Gasteiger partial charge in [0.05, 0.1) is 0 Å². The molecule has 0 bridgehead atoms. The van der Waals surface area contributed by atoms with Crippen LogP contribution in [0, 0.1) is 0 Å². The molecule has 0 heterocycles. The summed E-state index contributed by atoms with van der Waals surface area (Å²) in [5, 5.41) is 25.4. The highest BCUT2D eigenvalue weighted by Crippen LogP contribution is 1.96. The summed E-state index contributed by atoms with van der Waals surface area (Å²) in [6.45, 7) is 0. The van der Waals surface area contributed by atoms with Crippen LogP contribution in [0.3, 0.4) is 0 Å². The number of nitrogens with two attached hydrogens (primary N) is 2. The Hall–Kier alpha value is -1.18. The minimum Gasteiger partial charge on any atom is -0.480 e. The van der Waals surface area contributed by atoms with Gasteiger partial charge < -0.3 is 26.8 Å². The second-order valence-corrected chi connectivity index (χ2v) is 2.22. The molecular formula is C5H10N2O5. The van der Waals surface area contributed by atoms with Crippen molar-refractivity contribution in [2.45, 2.75) is 18.2 Å². The lowest BCUT2D eigenvalue weighted by Gasteiger charge is -2.17. The van der Waals surface area contributed by atoms with E-state index in [1.54, 1.807) is 0 Å². The lowest BCUT2D eigenvalue weighted by Crippen LogP contribution is -2.54. The van der Waals surface area contributed by atoms with Gasteiger partial charge in [0.25, 0.3) is 0 Å². The van der Waals surface area contributed by atoms with E-state index in [9.17, 15) is 9.59 Å². The molecule has 0 aliphatic rings. The van der Waals surface area contributed by atoms with Gasteiger partial charge in [-0.2, -0.15) is 0 Å². The second-order valence-electron chi connectivity index (χ2n) is 2.22. The molecule has 0 aliphatic heterocycles. The minimum atomic E-state index is -1.79. The van der Waals surface area contributed by atoms with Crippen LogP contribution in [0.25, 0.3) is 0 Å². The van der Waals surface area contributed by atoms with Crippen LogP contribution >= 0.6 is 0 Å². The van der Waals surface area contributed by atoms with E-state index in [2.05, 4.69) is 0 Å². The Morgan fingerprint density at radius 2 is 1.25 bits per heavy atom. The summed E-state index contributed by atoms with van der Waals surface area (Å²) in [7, 11) is 0. The van der Waals surface area contributed by atoms with Gasteiger partial charge >= 0.3 is 11.9 Å².